The molecule has 87 heavy (non-hydrogen) atoms. The fraction of sp³-hybridized carbons (Fsp3) is 0.882. The molecule has 0 amide bonds. The number of rotatable bonds is 66. The average molecular weight is 1280 g/mol. The Hall–Kier alpha value is -2.46. The van der Waals surface area contributed by atoms with Crippen molar-refractivity contribution in [2.45, 2.75) is 342 Å². The van der Waals surface area contributed by atoms with Crippen LogP contribution in [0, 0.1) is 5.92 Å². The number of hydrogen-bond acceptors (Lipinski definition) is 15. The van der Waals surface area contributed by atoms with Crippen molar-refractivity contribution in [2.75, 3.05) is 39.6 Å². The molecule has 0 aromatic carbocycles. The summed E-state index contributed by atoms with van der Waals surface area (Å²) in [7, 11) is -9.90. The minimum atomic E-state index is -4.96. The van der Waals surface area contributed by atoms with Gasteiger partial charge in [0.05, 0.1) is 26.4 Å². The minimum absolute atomic E-state index is 0.0847. The molecule has 3 unspecified atom stereocenters. The van der Waals surface area contributed by atoms with Crippen molar-refractivity contribution in [3.63, 3.8) is 0 Å². The van der Waals surface area contributed by atoms with E-state index in [4.69, 9.17) is 37.0 Å². The van der Waals surface area contributed by atoms with E-state index in [1.165, 1.54) is 135 Å². The van der Waals surface area contributed by atoms with Crippen LogP contribution in [0.4, 0.5) is 0 Å². The Morgan fingerprint density at radius 1 is 0.368 bits per heavy atom. The summed E-state index contributed by atoms with van der Waals surface area (Å²) in [4.78, 5) is 72.4. The molecule has 0 fully saturated rings. The van der Waals surface area contributed by atoms with Crippen LogP contribution in [-0.4, -0.2) is 96.7 Å². The molecule has 19 heteroatoms. The van der Waals surface area contributed by atoms with Gasteiger partial charge in [0, 0.05) is 25.7 Å². The Labute approximate surface area is 529 Å². The van der Waals surface area contributed by atoms with Gasteiger partial charge in [-0.2, -0.15) is 0 Å². The second-order valence-electron chi connectivity index (χ2n) is 24.1. The molecule has 512 valence electrons. The van der Waals surface area contributed by atoms with Crippen LogP contribution in [0.3, 0.4) is 0 Å². The lowest BCUT2D eigenvalue weighted by molar-refractivity contribution is -0.161. The van der Waals surface area contributed by atoms with Gasteiger partial charge in [0.15, 0.2) is 12.2 Å². The maximum Gasteiger partial charge on any atom is 0.472 e. The van der Waals surface area contributed by atoms with Gasteiger partial charge in [0.1, 0.15) is 19.3 Å². The summed E-state index contributed by atoms with van der Waals surface area (Å²) in [6.45, 7) is 7.14. The highest BCUT2D eigenvalue weighted by atomic mass is 31.2. The van der Waals surface area contributed by atoms with E-state index in [0.717, 1.165) is 109 Å². The summed E-state index contributed by atoms with van der Waals surface area (Å²) in [5, 5.41) is 10.6. The van der Waals surface area contributed by atoms with Crippen LogP contribution in [0.5, 0.6) is 0 Å². The summed E-state index contributed by atoms with van der Waals surface area (Å²) in [6, 6.07) is 0. The molecule has 0 aliphatic heterocycles. The van der Waals surface area contributed by atoms with Crippen molar-refractivity contribution in [2.24, 2.45) is 5.92 Å². The largest absolute Gasteiger partial charge is 0.472 e. The number of ether oxygens (including phenoxy) is 4. The fourth-order valence-corrected chi connectivity index (χ4v) is 11.3. The summed E-state index contributed by atoms with van der Waals surface area (Å²) < 4.78 is 68.1. The molecular weight excluding hydrogens is 1150 g/mol. The zero-order valence-corrected chi connectivity index (χ0v) is 57.4. The van der Waals surface area contributed by atoms with Gasteiger partial charge >= 0.3 is 39.5 Å². The predicted molar refractivity (Wildman–Crippen MR) is 349 cm³/mol. The second-order valence-corrected chi connectivity index (χ2v) is 27.0. The third-order valence-corrected chi connectivity index (χ3v) is 17.4. The fourth-order valence-electron chi connectivity index (χ4n) is 9.72. The van der Waals surface area contributed by atoms with E-state index in [1.54, 1.807) is 0 Å². The van der Waals surface area contributed by atoms with Crippen molar-refractivity contribution in [1.29, 1.82) is 0 Å². The first-order chi connectivity index (χ1) is 42.1. The molecule has 0 aliphatic rings. The van der Waals surface area contributed by atoms with Crippen molar-refractivity contribution in [3.05, 3.63) is 24.3 Å². The Kier molecular flexibility index (Phi) is 59.3. The Morgan fingerprint density at radius 3 is 0.977 bits per heavy atom. The van der Waals surface area contributed by atoms with E-state index in [2.05, 4.69) is 58.9 Å². The standard InChI is InChI=1S/C68H128O17P2/c1-6-10-13-16-19-22-24-25-26-27-29-32-39-44-49-54-68(73)85-64(58-79-66(71)52-47-42-37-34-33-35-40-45-50-61(5)9-4)60-83-87(76,77)81-56-62(69)55-80-86(74,75)82-59-63(57-78-65(70)51-46-41-36-30-21-18-15-12-8-3)84-67(72)53-48-43-38-31-28-23-20-17-14-11-7-2/h22,24-26,61-64,69H,6-21,23,27-60H2,1-5H3,(H,74,75)(H,76,77)/b24-22-,26-25-/t61?,62-,63+,64+/m0/s1. The average Bonchev–Trinajstić information content (AvgIpc) is 3.69. The summed E-state index contributed by atoms with van der Waals surface area (Å²) in [6.07, 6.45) is 49.2. The normalized spacial score (nSPS) is 14.6. The van der Waals surface area contributed by atoms with Crippen LogP contribution in [0.1, 0.15) is 324 Å². The number of aliphatic hydroxyl groups is 1. The van der Waals surface area contributed by atoms with E-state index in [-0.39, 0.29) is 25.7 Å². The van der Waals surface area contributed by atoms with Crippen LogP contribution >= 0.6 is 15.6 Å². The first-order valence-electron chi connectivity index (χ1n) is 35.0. The molecule has 0 radical (unpaired) electrons. The Morgan fingerprint density at radius 2 is 0.644 bits per heavy atom. The third-order valence-electron chi connectivity index (χ3n) is 15.5. The molecule has 0 saturated carbocycles. The van der Waals surface area contributed by atoms with Crippen LogP contribution in [0.15, 0.2) is 24.3 Å². The lowest BCUT2D eigenvalue weighted by Crippen LogP contribution is -2.30. The maximum atomic E-state index is 13.0. The number of phosphoric ester groups is 2. The van der Waals surface area contributed by atoms with Gasteiger partial charge in [-0.15, -0.1) is 0 Å². The van der Waals surface area contributed by atoms with Gasteiger partial charge in [-0.25, -0.2) is 9.13 Å². The SMILES string of the molecule is CCCCCC/C=C\C=C/CCCCCCCC(=O)O[C@H](COC(=O)CCCCCCCCCCC(C)CC)COP(=O)(O)OC[C@@H](O)COP(=O)(O)OC[C@@H](COC(=O)CCCCCCCCCCC)OC(=O)CCCCCCCCCCCCC. The van der Waals surface area contributed by atoms with Crippen LogP contribution < -0.4 is 0 Å². The minimum Gasteiger partial charge on any atom is -0.462 e. The zero-order chi connectivity index (χ0) is 64.2. The number of carbonyl (C=O) groups excluding carboxylic acids is 4. The number of unbranched alkanes of at least 4 members (excludes halogenated alkanes) is 34. The van der Waals surface area contributed by atoms with E-state index in [9.17, 15) is 43.2 Å². The van der Waals surface area contributed by atoms with Crippen molar-refractivity contribution in [3.8, 4) is 0 Å². The quantitative estimate of drug-likeness (QED) is 0.0169. The number of aliphatic hydroxyl groups excluding tert-OH is 1. The van der Waals surface area contributed by atoms with Gasteiger partial charge in [-0.05, 0) is 57.3 Å². The van der Waals surface area contributed by atoms with Gasteiger partial charge in [0.2, 0.25) is 0 Å². The van der Waals surface area contributed by atoms with Gasteiger partial charge in [-0.3, -0.25) is 37.3 Å². The monoisotopic (exact) mass is 1280 g/mol. The molecule has 0 rings (SSSR count). The first-order valence-corrected chi connectivity index (χ1v) is 38.0. The summed E-state index contributed by atoms with van der Waals surface area (Å²) in [5.41, 5.74) is 0. The number of allylic oxidation sites excluding steroid dienone is 4. The predicted octanol–water partition coefficient (Wildman–Crippen LogP) is 18.9. The molecular formula is C68H128O17P2. The molecule has 0 aromatic heterocycles. The Balaban J connectivity index is 5.28. The van der Waals surface area contributed by atoms with E-state index < -0.39 is 97.5 Å². The van der Waals surface area contributed by atoms with Gasteiger partial charge < -0.3 is 33.8 Å². The number of esters is 4. The molecule has 0 spiro atoms. The Bertz CT molecular complexity index is 1780. The molecule has 0 aromatic rings. The smallest absolute Gasteiger partial charge is 0.462 e. The van der Waals surface area contributed by atoms with Crippen molar-refractivity contribution < 1.29 is 80.2 Å². The summed E-state index contributed by atoms with van der Waals surface area (Å²) >= 11 is 0. The van der Waals surface area contributed by atoms with Crippen molar-refractivity contribution >= 4 is 39.5 Å². The lowest BCUT2D eigenvalue weighted by atomic mass is 9.99. The zero-order valence-electron chi connectivity index (χ0n) is 55.6. The van der Waals surface area contributed by atoms with Gasteiger partial charge in [0.25, 0.3) is 0 Å². The van der Waals surface area contributed by atoms with Crippen LogP contribution in [0.2, 0.25) is 0 Å². The van der Waals surface area contributed by atoms with E-state index in [0.29, 0.717) is 25.7 Å². The topological polar surface area (TPSA) is 237 Å². The van der Waals surface area contributed by atoms with E-state index >= 15 is 0 Å². The second kappa shape index (κ2) is 61.1. The molecule has 17 nitrogen and oxygen atoms in total. The van der Waals surface area contributed by atoms with Crippen LogP contribution in [-0.2, 0) is 65.4 Å². The highest BCUT2D eigenvalue weighted by Crippen LogP contribution is 2.45. The third kappa shape index (κ3) is 60.9. The highest BCUT2D eigenvalue weighted by molar-refractivity contribution is 7.47. The number of carbonyl (C=O) groups is 4. The molecule has 0 saturated heterocycles. The first kappa shape index (κ1) is 84.5. The van der Waals surface area contributed by atoms with Crippen LogP contribution in [0.25, 0.3) is 0 Å². The highest BCUT2D eigenvalue weighted by Gasteiger charge is 2.30. The molecule has 6 atom stereocenters. The molecule has 3 N–H and O–H groups in total. The molecule has 0 aliphatic carbocycles. The summed E-state index contributed by atoms with van der Waals surface area (Å²) in [5.74, 6) is -1.38. The maximum absolute atomic E-state index is 13.0. The van der Waals surface area contributed by atoms with Crippen molar-refractivity contribution in [1.82, 2.24) is 0 Å². The molecule has 0 heterocycles. The number of phosphoric acid groups is 2. The lowest BCUT2D eigenvalue weighted by Gasteiger charge is -2.21. The van der Waals surface area contributed by atoms with Gasteiger partial charge in [-0.1, -0.05) is 271 Å². The number of hydrogen-bond donors (Lipinski definition) is 3. The molecule has 0 bridgehead atoms. The van der Waals surface area contributed by atoms with E-state index in [1.807, 2.05) is 0 Å².